The van der Waals surface area contributed by atoms with Crippen LogP contribution in [0.2, 0.25) is 0 Å². The van der Waals surface area contributed by atoms with Gasteiger partial charge in [-0.2, -0.15) is 0 Å². The lowest BCUT2D eigenvalue weighted by atomic mass is 9.54. The van der Waals surface area contributed by atoms with Gasteiger partial charge in [0, 0.05) is 37.6 Å². The van der Waals surface area contributed by atoms with Crippen LogP contribution < -0.4 is 10.6 Å². The second-order valence-corrected chi connectivity index (χ2v) is 9.39. The van der Waals surface area contributed by atoms with Crippen molar-refractivity contribution in [2.24, 2.45) is 16.3 Å². The van der Waals surface area contributed by atoms with E-state index in [0.717, 1.165) is 38.0 Å². The number of fused-ring (bicyclic) bond motifs is 2. The molecule has 5 rings (SSSR count). The van der Waals surface area contributed by atoms with Gasteiger partial charge in [-0.15, -0.1) is 24.0 Å². The minimum atomic E-state index is 0. The van der Waals surface area contributed by atoms with Crippen molar-refractivity contribution in [3.8, 4) is 0 Å². The van der Waals surface area contributed by atoms with Crippen LogP contribution in [0.4, 0.5) is 0 Å². The highest BCUT2D eigenvalue weighted by atomic mass is 127. The highest BCUT2D eigenvalue weighted by molar-refractivity contribution is 14.0. The average molecular weight is 528 g/mol. The third-order valence-electron chi connectivity index (χ3n) is 7.97. The number of piperidine rings is 1. The summed E-state index contributed by atoms with van der Waals surface area (Å²) < 4.78 is 11.9. The molecule has 1 spiro atoms. The standard InChI is InChI=1S/C23H36N4O2.HI/c1-24-22(26-20-17-9-15-29-21(17)23(20)10-3-4-11-23)25-16-18(19-8-7-14-28-19)27-12-5-2-6-13-27;/h7-8,14,17-18,20-21H,2-6,9-13,15-16H2,1H3,(H2,24,25,26);1H. The molecule has 2 aliphatic heterocycles. The topological polar surface area (TPSA) is 62.0 Å². The van der Waals surface area contributed by atoms with Crippen LogP contribution in [0.1, 0.15) is 63.2 Å². The van der Waals surface area contributed by atoms with E-state index in [4.69, 9.17) is 9.15 Å². The number of nitrogens with one attached hydrogen (secondary N) is 2. The van der Waals surface area contributed by atoms with Gasteiger partial charge < -0.3 is 19.8 Å². The van der Waals surface area contributed by atoms with Crippen LogP contribution in [-0.4, -0.2) is 56.3 Å². The Morgan fingerprint density at radius 3 is 2.73 bits per heavy atom. The minimum Gasteiger partial charge on any atom is -0.468 e. The van der Waals surface area contributed by atoms with Crippen LogP contribution >= 0.6 is 24.0 Å². The molecule has 2 aliphatic carbocycles. The summed E-state index contributed by atoms with van der Waals surface area (Å²) in [5.74, 6) is 2.63. The van der Waals surface area contributed by atoms with Crippen molar-refractivity contribution >= 4 is 29.9 Å². The van der Waals surface area contributed by atoms with E-state index in [1.165, 1.54) is 51.4 Å². The van der Waals surface area contributed by atoms with Crippen molar-refractivity contribution in [3.63, 3.8) is 0 Å². The van der Waals surface area contributed by atoms with Crippen LogP contribution in [-0.2, 0) is 4.74 Å². The number of guanidine groups is 1. The van der Waals surface area contributed by atoms with Gasteiger partial charge in [0.15, 0.2) is 5.96 Å². The van der Waals surface area contributed by atoms with Crippen LogP contribution in [0.3, 0.4) is 0 Å². The molecule has 4 aliphatic rings. The molecule has 168 valence electrons. The fourth-order valence-electron chi connectivity index (χ4n) is 6.56. The molecular formula is C23H37IN4O2. The van der Waals surface area contributed by atoms with Gasteiger partial charge in [-0.3, -0.25) is 9.89 Å². The highest BCUT2D eigenvalue weighted by Gasteiger charge is 2.65. The molecule has 30 heavy (non-hydrogen) atoms. The van der Waals surface area contributed by atoms with Crippen LogP contribution in [0.25, 0.3) is 0 Å². The van der Waals surface area contributed by atoms with Crippen molar-refractivity contribution in [1.29, 1.82) is 0 Å². The molecule has 2 N–H and O–H groups in total. The second kappa shape index (κ2) is 9.77. The summed E-state index contributed by atoms with van der Waals surface area (Å²) in [5, 5.41) is 7.46. The van der Waals surface area contributed by atoms with E-state index in [1.807, 2.05) is 13.1 Å². The number of nitrogens with zero attached hydrogens (tertiary/aromatic N) is 2. The summed E-state index contributed by atoms with van der Waals surface area (Å²) >= 11 is 0. The van der Waals surface area contributed by atoms with E-state index in [-0.39, 0.29) is 30.0 Å². The summed E-state index contributed by atoms with van der Waals surface area (Å²) in [6.07, 6.45) is 12.6. The van der Waals surface area contributed by atoms with Gasteiger partial charge in [-0.05, 0) is 57.3 Å². The summed E-state index contributed by atoms with van der Waals surface area (Å²) in [6, 6.07) is 4.86. The number of furan rings is 1. The van der Waals surface area contributed by atoms with Crippen LogP contribution in [0.5, 0.6) is 0 Å². The van der Waals surface area contributed by atoms with Crippen molar-refractivity contribution in [3.05, 3.63) is 24.2 Å². The number of hydrogen-bond acceptors (Lipinski definition) is 4. The quantitative estimate of drug-likeness (QED) is 0.345. The molecule has 1 aromatic heterocycles. The zero-order valence-electron chi connectivity index (χ0n) is 18.1. The average Bonchev–Trinajstić information content (AvgIpc) is 3.52. The highest BCUT2D eigenvalue weighted by Crippen LogP contribution is 2.60. The molecule has 0 aromatic carbocycles. The largest absolute Gasteiger partial charge is 0.468 e. The van der Waals surface area contributed by atoms with Crippen molar-refractivity contribution < 1.29 is 9.15 Å². The molecule has 7 heteroatoms. The van der Waals surface area contributed by atoms with Gasteiger partial charge in [-0.25, -0.2) is 0 Å². The van der Waals surface area contributed by atoms with Gasteiger partial charge >= 0.3 is 0 Å². The first-order valence-corrected chi connectivity index (χ1v) is 11.7. The molecule has 2 saturated carbocycles. The molecule has 0 bridgehead atoms. The number of aliphatic imine (C=N–C) groups is 1. The summed E-state index contributed by atoms with van der Waals surface area (Å²) in [5.41, 5.74) is 0.339. The van der Waals surface area contributed by atoms with E-state index in [0.29, 0.717) is 23.5 Å². The molecule has 6 nitrogen and oxygen atoms in total. The van der Waals surface area contributed by atoms with E-state index in [9.17, 15) is 0 Å². The lowest BCUT2D eigenvalue weighted by Crippen LogP contribution is -2.69. The SMILES string of the molecule is CN=C(NCC(c1ccco1)N1CCCCC1)NC1C2CCOC2C12CCCC2.I. The normalized spacial score (nSPS) is 31.6. The molecule has 0 radical (unpaired) electrons. The van der Waals surface area contributed by atoms with E-state index < -0.39 is 0 Å². The van der Waals surface area contributed by atoms with Gasteiger partial charge in [0.05, 0.1) is 18.4 Å². The van der Waals surface area contributed by atoms with Gasteiger partial charge in [-0.1, -0.05) is 19.3 Å². The predicted molar refractivity (Wildman–Crippen MR) is 129 cm³/mol. The molecule has 1 aromatic rings. The summed E-state index contributed by atoms with van der Waals surface area (Å²) in [6.45, 7) is 4.03. The summed E-state index contributed by atoms with van der Waals surface area (Å²) in [4.78, 5) is 7.14. The van der Waals surface area contributed by atoms with Gasteiger partial charge in [0.2, 0.25) is 0 Å². The third-order valence-corrected chi connectivity index (χ3v) is 7.97. The van der Waals surface area contributed by atoms with Crippen LogP contribution in [0.15, 0.2) is 27.8 Å². The monoisotopic (exact) mass is 528 g/mol. The second-order valence-electron chi connectivity index (χ2n) is 9.39. The van der Waals surface area contributed by atoms with E-state index >= 15 is 0 Å². The number of rotatable bonds is 5. The lowest BCUT2D eigenvalue weighted by molar-refractivity contribution is -0.125. The van der Waals surface area contributed by atoms with Gasteiger partial charge in [0.1, 0.15) is 5.76 Å². The molecule has 0 amide bonds. The van der Waals surface area contributed by atoms with Crippen molar-refractivity contribution in [2.45, 2.75) is 69.6 Å². The predicted octanol–water partition coefficient (Wildman–Crippen LogP) is 3.94. The Balaban J connectivity index is 0.00000218. The van der Waals surface area contributed by atoms with Crippen molar-refractivity contribution in [2.75, 3.05) is 33.3 Å². The molecule has 4 unspecified atom stereocenters. The van der Waals surface area contributed by atoms with Gasteiger partial charge in [0.25, 0.3) is 0 Å². The Bertz CT molecular complexity index is 698. The molecule has 2 saturated heterocycles. The lowest BCUT2D eigenvalue weighted by Gasteiger charge is -2.57. The maximum atomic E-state index is 6.14. The first-order valence-electron chi connectivity index (χ1n) is 11.7. The first-order chi connectivity index (χ1) is 14.3. The number of hydrogen-bond donors (Lipinski definition) is 2. The first kappa shape index (κ1) is 22.4. The smallest absolute Gasteiger partial charge is 0.191 e. The molecule has 3 heterocycles. The molecule has 4 fully saturated rings. The zero-order chi connectivity index (χ0) is 19.7. The minimum absolute atomic E-state index is 0. The van der Waals surface area contributed by atoms with E-state index in [2.05, 4.69) is 26.6 Å². The third kappa shape index (κ3) is 4.01. The Morgan fingerprint density at radius 1 is 1.23 bits per heavy atom. The van der Waals surface area contributed by atoms with Crippen molar-refractivity contribution in [1.82, 2.24) is 15.5 Å². The fraction of sp³-hybridized carbons (Fsp3) is 0.783. The van der Waals surface area contributed by atoms with Crippen LogP contribution in [0, 0.1) is 11.3 Å². The number of halogens is 1. The Hall–Kier alpha value is -0.800. The maximum Gasteiger partial charge on any atom is 0.191 e. The number of likely N-dealkylation sites (tertiary alicyclic amines) is 1. The molecule has 4 atom stereocenters. The van der Waals surface area contributed by atoms with E-state index in [1.54, 1.807) is 6.26 Å². The molecular weight excluding hydrogens is 491 g/mol. The Kier molecular flexibility index (Phi) is 7.30. The summed E-state index contributed by atoms with van der Waals surface area (Å²) in [7, 11) is 1.89. The Morgan fingerprint density at radius 2 is 2.03 bits per heavy atom. The maximum absolute atomic E-state index is 6.14. The fourth-order valence-corrected chi connectivity index (χ4v) is 6.56. The zero-order valence-corrected chi connectivity index (χ0v) is 20.5. The number of ether oxygens (including phenoxy) is 1. The Labute approximate surface area is 197 Å².